The van der Waals surface area contributed by atoms with Gasteiger partial charge in [-0.25, -0.2) is 4.79 Å². The highest BCUT2D eigenvalue weighted by Gasteiger charge is 2.15. The summed E-state index contributed by atoms with van der Waals surface area (Å²) in [5.74, 6) is -0.702. The predicted molar refractivity (Wildman–Crippen MR) is 82.4 cm³/mol. The van der Waals surface area contributed by atoms with Crippen LogP contribution in [-0.2, 0) is 0 Å². The van der Waals surface area contributed by atoms with Gasteiger partial charge in [-0.05, 0) is 44.2 Å². The van der Waals surface area contributed by atoms with Crippen LogP contribution >= 0.6 is 15.9 Å². The van der Waals surface area contributed by atoms with Gasteiger partial charge in [0, 0.05) is 4.47 Å². The van der Waals surface area contributed by atoms with Crippen LogP contribution in [0.4, 0.5) is 0 Å². The number of rotatable bonds is 4. The number of hydrogen-bond donors (Lipinski definition) is 1. The quantitative estimate of drug-likeness (QED) is 0.829. The second-order valence-electron chi connectivity index (χ2n) is 4.60. The van der Waals surface area contributed by atoms with E-state index >= 15 is 0 Å². The van der Waals surface area contributed by atoms with E-state index in [1.807, 2.05) is 6.92 Å². The molecule has 2 rings (SSSR count). The van der Waals surface area contributed by atoms with E-state index in [-0.39, 0.29) is 17.1 Å². The fourth-order valence-electron chi connectivity index (χ4n) is 1.88. The van der Waals surface area contributed by atoms with E-state index in [1.54, 1.807) is 30.3 Å². The maximum atomic E-state index is 11.7. The Morgan fingerprint density at radius 2 is 1.76 bits per heavy atom. The Labute approximate surface area is 130 Å². The van der Waals surface area contributed by atoms with Crippen LogP contribution in [0.15, 0.2) is 40.9 Å². The van der Waals surface area contributed by atoms with Crippen LogP contribution in [0.3, 0.4) is 0 Å². The second kappa shape index (κ2) is 6.10. The van der Waals surface area contributed by atoms with Gasteiger partial charge in [-0.1, -0.05) is 27.6 Å². The number of benzene rings is 2. The lowest BCUT2D eigenvalue weighted by Gasteiger charge is -2.12. The van der Waals surface area contributed by atoms with Gasteiger partial charge in [0.15, 0.2) is 5.78 Å². The number of halogens is 1. The molecule has 0 saturated carbocycles. The second-order valence-corrected chi connectivity index (χ2v) is 5.52. The van der Waals surface area contributed by atoms with E-state index < -0.39 is 5.97 Å². The fraction of sp³-hybridized carbons (Fsp3) is 0.125. The Morgan fingerprint density at radius 3 is 2.38 bits per heavy atom. The minimum atomic E-state index is -1.09. The minimum Gasteiger partial charge on any atom is -0.478 e. The van der Waals surface area contributed by atoms with Crippen molar-refractivity contribution in [2.75, 3.05) is 0 Å². The van der Waals surface area contributed by atoms with Crippen LogP contribution in [0, 0.1) is 6.92 Å². The molecule has 0 atom stereocenters. The molecule has 2 aromatic rings. The number of hydrogen-bond acceptors (Lipinski definition) is 3. The van der Waals surface area contributed by atoms with Crippen molar-refractivity contribution in [2.45, 2.75) is 13.8 Å². The zero-order chi connectivity index (χ0) is 15.6. The van der Waals surface area contributed by atoms with Crippen molar-refractivity contribution in [1.29, 1.82) is 0 Å². The van der Waals surface area contributed by atoms with Gasteiger partial charge in [-0.2, -0.15) is 0 Å². The van der Waals surface area contributed by atoms with Gasteiger partial charge < -0.3 is 9.84 Å². The lowest BCUT2D eigenvalue weighted by Crippen LogP contribution is -2.02. The monoisotopic (exact) mass is 348 g/mol. The van der Waals surface area contributed by atoms with Crippen molar-refractivity contribution in [3.63, 3.8) is 0 Å². The Kier molecular flexibility index (Phi) is 4.43. The zero-order valence-corrected chi connectivity index (χ0v) is 13.1. The lowest BCUT2D eigenvalue weighted by atomic mass is 10.1. The summed E-state index contributed by atoms with van der Waals surface area (Å²) in [6.45, 7) is 3.32. The van der Waals surface area contributed by atoms with E-state index in [2.05, 4.69) is 15.9 Å². The molecule has 5 heteroatoms. The molecule has 0 saturated heterocycles. The predicted octanol–water partition coefficient (Wildman–Crippen LogP) is 4.45. The summed E-state index contributed by atoms with van der Waals surface area (Å²) >= 11 is 3.28. The minimum absolute atomic E-state index is 0.0354. The summed E-state index contributed by atoms with van der Waals surface area (Å²) in [6, 6.07) is 9.82. The average molecular weight is 349 g/mol. The smallest absolute Gasteiger partial charge is 0.339 e. The van der Waals surface area contributed by atoms with Gasteiger partial charge in [0.25, 0.3) is 0 Å². The number of ketones is 1. The van der Waals surface area contributed by atoms with Crippen molar-refractivity contribution in [1.82, 2.24) is 0 Å². The van der Waals surface area contributed by atoms with Crippen molar-refractivity contribution < 1.29 is 19.4 Å². The largest absolute Gasteiger partial charge is 0.478 e. The van der Waals surface area contributed by atoms with Crippen molar-refractivity contribution in [2.24, 2.45) is 0 Å². The van der Waals surface area contributed by atoms with Crippen LogP contribution in [0.1, 0.15) is 33.2 Å². The molecule has 0 aliphatic carbocycles. The van der Waals surface area contributed by atoms with E-state index in [9.17, 15) is 14.7 Å². The Bertz CT molecular complexity index is 722. The Hall–Kier alpha value is -2.14. The summed E-state index contributed by atoms with van der Waals surface area (Å²) in [4.78, 5) is 22.9. The van der Waals surface area contributed by atoms with Crippen molar-refractivity contribution in [3.05, 3.63) is 57.6 Å². The van der Waals surface area contributed by atoms with Crippen LogP contribution in [0.2, 0.25) is 0 Å². The third-order valence-electron chi connectivity index (χ3n) is 2.91. The molecule has 0 aliphatic rings. The molecule has 1 N–H and O–H groups in total. The Balaban J connectivity index is 2.50. The molecular weight excluding hydrogens is 336 g/mol. The highest BCUT2D eigenvalue weighted by atomic mass is 79.9. The zero-order valence-electron chi connectivity index (χ0n) is 11.5. The maximum Gasteiger partial charge on any atom is 0.339 e. The number of Topliss-reactive ketones (excluding diaryl/α,β-unsaturated/α-hetero) is 1. The first-order valence-electron chi connectivity index (χ1n) is 6.21. The van der Waals surface area contributed by atoms with Crippen LogP contribution < -0.4 is 4.74 Å². The summed E-state index contributed by atoms with van der Waals surface area (Å²) < 4.78 is 6.36. The molecule has 0 amide bonds. The Morgan fingerprint density at radius 1 is 1.05 bits per heavy atom. The summed E-state index contributed by atoms with van der Waals surface area (Å²) in [6.07, 6.45) is 0. The van der Waals surface area contributed by atoms with Gasteiger partial charge in [-0.3, -0.25) is 4.79 Å². The van der Waals surface area contributed by atoms with E-state index in [1.165, 1.54) is 13.0 Å². The molecule has 0 spiro atoms. The molecule has 0 radical (unpaired) electrons. The number of aromatic carboxylic acids is 1. The first-order valence-corrected chi connectivity index (χ1v) is 7.00. The van der Waals surface area contributed by atoms with Gasteiger partial charge >= 0.3 is 5.97 Å². The van der Waals surface area contributed by atoms with Crippen LogP contribution in [0.5, 0.6) is 11.5 Å². The summed E-state index contributed by atoms with van der Waals surface area (Å²) in [5, 5.41) is 9.19. The van der Waals surface area contributed by atoms with Crippen molar-refractivity contribution in [3.8, 4) is 11.5 Å². The summed E-state index contributed by atoms with van der Waals surface area (Å²) in [5.41, 5.74) is 1.39. The first kappa shape index (κ1) is 15.3. The topological polar surface area (TPSA) is 63.6 Å². The number of carbonyl (C=O) groups excluding carboxylic acids is 1. The molecule has 4 nitrogen and oxygen atoms in total. The van der Waals surface area contributed by atoms with Crippen LogP contribution in [0.25, 0.3) is 0 Å². The number of carboxylic acid groups (broad SMARTS) is 1. The summed E-state index contributed by atoms with van der Waals surface area (Å²) in [7, 11) is 0. The first-order chi connectivity index (χ1) is 9.88. The van der Waals surface area contributed by atoms with Gasteiger partial charge in [0.1, 0.15) is 17.1 Å². The molecule has 108 valence electrons. The van der Waals surface area contributed by atoms with E-state index in [0.29, 0.717) is 15.8 Å². The highest BCUT2D eigenvalue weighted by Crippen LogP contribution is 2.31. The fourth-order valence-corrected chi connectivity index (χ4v) is 2.22. The van der Waals surface area contributed by atoms with Crippen molar-refractivity contribution >= 4 is 27.7 Å². The standard InChI is InChI=1S/C16H13BrO4/c1-9-3-6-14(13(7-9)10(2)18)21-15-8-11(17)4-5-12(15)16(19)20/h3-8H,1-2H3,(H,19,20). The molecule has 0 bridgehead atoms. The van der Waals surface area contributed by atoms with E-state index in [4.69, 9.17) is 4.74 Å². The van der Waals surface area contributed by atoms with Gasteiger partial charge in [-0.15, -0.1) is 0 Å². The molecule has 2 aromatic carbocycles. The normalized spacial score (nSPS) is 10.2. The molecular formula is C16H13BrO4. The lowest BCUT2D eigenvalue weighted by molar-refractivity contribution is 0.0694. The molecule has 0 aromatic heterocycles. The number of carboxylic acids is 1. The van der Waals surface area contributed by atoms with E-state index in [0.717, 1.165) is 5.56 Å². The van der Waals surface area contributed by atoms with Gasteiger partial charge in [0.05, 0.1) is 5.56 Å². The maximum absolute atomic E-state index is 11.7. The number of aryl methyl sites for hydroxylation is 1. The van der Waals surface area contributed by atoms with Crippen LogP contribution in [-0.4, -0.2) is 16.9 Å². The SMILES string of the molecule is CC(=O)c1cc(C)ccc1Oc1cc(Br)ccc1C(=O)O. The third kappa shape index (κ3) is 3.49. The third-order valence-corrected chi connectivity index (χ3v) is 3.40. The average Bonchev–Trinajstić information content (AvgIpc) is 2.40. The molecule has 0 unspecified atom stereocenters. The molecule has 0 heterocycles. The van der Waals surface area contributed by atoms with Gasteiger partial charge in [0.2, 0.25) is 0 Å². The number of carbonyl (C=O) groups is 2. The number of ether oxygens (including phenoxy) is 1. The molecule has 21 heavy (non-hydrogen) atoms. The molecule has 0 aliphatic heterocycles. The molecule has 0 fully saturated rings. The highest BCUT2D eigenvalue weighted by molar-refractivity contribution is 9.10.